The lowest BCUT2D eigenvalue weighted by atomic mass is 9.94. The summed E-state index contributed by atoms with van der Waals surface area (Å²) in [5, 5.41) is 12.6. The highest BCUT2D eigenvalue weighted by Crippen LogP contribution is 2.34. The molecule has 3 N–H and O–H groups in total. The molecule has 1 aromatic heterocycles. The summed E-state index contributed by atoms with van der Waals surface area (Å²) in [6, 6.07) is 11.1. The van der Waals surface area contributed by atoms with Gasteiger partial charge in [0.25, 0.3) is 0 Å². The molecule has 2 atom stereocenters. The van der Waals surface area contributed by atoms with E-state index in [1.54, 1.807) is 26.4 Å². The maximum absolute atomic E-state index is 8.75. The van der Waals surface area contributed by atoms with Gasteiger partial charge in [0, 0.05) is 16.8 Å². The van der Waals surface area contributed by atoms with Crippen molar-refractivity contribution >= 4 is 25.5 Å². The Labute approximate surface area is 165 Å². The van der Waals surface area contributed by atoms with Crippen LogP contribution in [-0.2, 0) is 6.42 Å². The van der Waals surface area contributed by atoms with Crippen LogP contribution in [0.1, 0.15) is 23.6 Å². The van der Waals surface area contributed by atoms with Crippen molar-refractivity contribution < 1.29 is 14.0 Å². The molecule has 28 heavy (non-hydrogen) atoms. The lowest BCUT2D eigenvalue weighted by Crippen LogP contribution is -2.13. The van der Waals surface area contributed by atoms with Crippen LogP contribution in [0.3, 0.4) is 0 Å². The first-order chi connectivity index (χ1) is 13.5. The molecule has 3 aromatic rings. The molecule has 1 heterocycles. The molecule has 3 rings (SSSR count). The summed E-state index contributed by atoms with van der Waals surface area (Å²) in [6.45, 7) is 2.13. The fourth-order valence-electron chi connectivity index (χ4n) is 2.96. The van der Waals surface area contributed by atoms with Gasteiger partial charge < -0.3 is 19.7 Å². The smallest absolute Gasteiger partial charge is 0.214 e. The molecule has 0 bridgehead atoms. The van der Waals surface area contributed by atoms with Gasteiger partial charge in [0.2, 0.25) is 6.39 Å². The molecule has 8 heteroatoms. The summed E-state index contributed by atoms with van der Waals surface area (Å²) in [6.07, 6.45) is 2.08. The van der Waals surface area contributed by atoms with Gasteiger partial charge in [0.05, 0.1) is 19.9 Å². The van der Waals surface area contributed by atoms with Gasteiger partial charge in [0.1, 0.15) is 0 Å². The van der Waals surface area contributed by atoms with E-state index < -0.39 is 0 Å². The van der Waals surface area contributed by atoms with Crippen LogP contribution in [0.5, 0.6) is 11.5 Å². The standard InChI is InChI=1S/C20H23N4O3P/c1-12(28-20-23-11-27-24-20)8-14-9-17(25-2)18(26-3)10-16(14)19(22)13-4-6-15(21)7-5-13/h4-7,9-12,22,28H,8,21H2,1-3H3. The fourth-order valence-corrected chi connectivity index (χ4v) is 3.96. The summed E-state index contributed by atoms with van der Waals surface area (Å²) in [4.78, 5) is 4.11. The van der Waals surface area contributed by atoms with Gasteiger partial charge in [-0.2, -0.15) is 4.98 Å². The average Bonchev–Trinajstić information content (AvgIpc) is 3.20. The maximum Gasteiger partial charge on any atom is 0.214 e. The molecule has 2 unspecified atom stereocenters. The highest BCUT2D eigenvalue weighted by Gasteiger charge is 2.18. The van der Waals surface area contributed by atoms with Gasteiger partial charge in [-0.15, -0.1) is 0 Å². The van der Waals surface area contributed by atoms with Crippen molar-refractivity contribution in [1.29, 1.82) is 5.41 Å². The number of ether oxygens (including phenoxy) is 2. The van der Waals surface area contributed by atoms with Crippen molar-refractivity contribution in [1.82, 2.24) is 10.1 Å². The summed E-state index contributed by atoms with van der Waals surface area (Å²) in [5.74, 6) is 1.23. The van der Waals surface area contributed by atoms with Gasteiger partial charge >= 0.3 is 0 Å². The van der Waals surface area contributed by atoms with E-state index in [-0.39, 0.29) is 5.66 Å². The Morgan fingerprint density at radius 3 is 2.46 bits per heavy atom. The van der Waals surface area contributed by atoms with Crippen molar-refractivity contribution in [3.63, 3.8) is 0 Å². The number of nitrogens with one attached hydrogen (secondary N) is 1. The second-order valence-corrected chi connectivity index (χ2v) is 8.09. The first-order valence-corrected chi connectivity index (χ1v) is 9.82. The summed E-state index contributed by atoms with van der Waals surface area (Å²) in [5.41, 5.74) is 10.4. The van der Waals surface area contributed by atoms with Crippen LogP contribution in [0.2, 0.25) is 0 Å². The van der Waals surface area contributed by atoms with E-state index in [0.29, 0.717) is 37.0 Å². The largest absolute Gasteiger partial charge is 0.493 e. The van der Waals surface area contributed by atoms with Crippen molar-refractivity contribution in [2.75, 3.05) is 20.0 Å². The Morgan fingerprint density at radius 2 is 1.86 bits per heavy atom. The molecule has 0 spiro atoms. The second-order valence-electron chi connectivity index (χ2n) is 6.37. The zero-order valence-corrected chi connectivity index (χ0v) is 17.0. The SMILES string of the molecule is COc1cc(CC(C)Pc2ncon2)c(C(=N)c2ccc(N)cc2)cc1OC. The number of aromatic nitrogens is 2. The molecule has 0 fully saturated rings. The quantitative estimate of drug-likeness (QED) is 0.343. The average molecular weight is 398 g/mol. The van der Waals surface area contributed by atoms with Crippen LogP contribution in [0.4, 0.5) is 5.69 Å². The monoisotopic (exact) mass is 398 g/mol. The number of methoxy groups -OCH3 is 2. The van der Waals surface area contributed by atoms with Gasteiger partial charge in [-0.25, -0.2) is 0 Å². The molecule has 0 amide bonds. The molecule has 0 aliphatic carbocycles. The van der Waals surface area contributed by atoms with Crippen LogP contribution in [0.25, 0.3) is 0 Å². The lowest BCUT2D eigenvalue weighted by Gasteiger charge is -2.18. The second kappa shape index (κ2) is 8.85. The first-order valence-electron chi connectivity index (χ1n) is 8.74. The molecule has 0 saturated carbocycles. The van der Waals surface area contributed by atoms with E-state index in [1.165, 1.54) is 6.39 Å². The zero-order valence-electron chi connectivity index (χ0n) is 16.0. The molecular formula is C20H23N4O3P. The van der Waals surface area contributed by atoms with E-state index in [2.05, 4.69) is 17.1 Å². The molecule has 146 valence electrons. The van der Waals surface area contributed by atoms with Crippen LogP contribution in [0.15, 0.2) is 47.3 Å². The number of nitrogen functional groups attached to an aromatic ring is 1. The molecular weight excluding hydrogens is 375 g/mol. The minimum atomic E-state index is 0.272. The Bertz CT molecular complexity index is 943. The minimum Gasteiger partial charge on any atom is -0.493 e. The highest BCUT2D eigenvalue weighted by molar-refractivity contribution is 7.47. The topological polar surface area (TPSA) is 107 Å². The molecule has 0 radical (unpaired) electrons. The van der Waals surface area contributed by atoms with Crippen LogP contribution in [0, 0.1) is 5.41 Å². The predicted octanol–water partition coefficient (Wildman–Crippen LogP) is 3.02. The van der Waals surface area contributed by atoms with E-state index in [4.69, 9.17) is 25.1 Å². The van der Waals surface area contributed by atoms with Crippen molar-refractivity contribution in [3.05, 3.63) is 59.5 Å². The number of benzene rings is 2. The van der Waals surface area contributed by atoms with E-state index in [9.17, 15) is 0 Å². The minimum absolute atomic E-state index is 0.272. The summed E-state index contributed by atoms with van der Waals surface area (Å²) < 4.78 is 15.8. The third-order valence-corrected chi connectivity index (χ3v) is 5.52. The number of nitrogens with two attached hydrogens (primary N) is 1. The third-order valence-electron chi connectivity index (χ3n) is 4.34. The molecule has 2 aromatic carbocycles. The molecule has 7 nitrogen and oxygen atoms in total. The molecule has 0 aliphatic rings. The van der Waals surface area contributed by atoms with Crippen LogP contribution in [-0.4, -0.2) is 35.7 Å². The van der Waals surface area contributed by atoms with E-state index >= 15 is 0 Å². The van der Waals surface area contributed by atoms with E-state index in [0.717, 1.165) is 23.1 Å². The Hall–Kier alpha value is -2.92. The van der Waals surface area contributed by atoms with Crippen LogP contribution >= 0.6 is 8.58 Å². The lowest BCUT2D eigenvalue weighted by molar-refractivity contribution is 0.354. The Kier molecular flexibility index (Phi) is 6.26. The maximum atomic E-state index is 8.75. The van der Waals surface area contributed by atoms with Gasteiger partial charge in [0.15, 0.2) is 17.1 Å². The van der Waals surface area contributed by atoms with Crippen molar-refractivity contribution in [2.24, 2.45) is 0 Å². The third kappa shape index (κ3) is 4.49. The number of rotatable bonds is 8. The predicted molar refractivity (Wildman–Crippen MR) is 112 cm³/mol. The Balaban J connectivity index is 1.96. The fraction of sp³-hybridized carbons (Fsp3) is 0.250. The van der Waals surface area contributed by atoms with Gasteiger partial charge in [-0.3, -0.25) is 5.41 Å². The summed E-state index contributed by atoms with van der Waals surface area (Å²) >= 11 is 0. The number of nitrogens with zero attached hydrogens (tertiary/aromatic N) is 2. The van der Waals surface area contributed by atoms with Gasteiger partial charge in [-0.05, 0) is 50.5 Å². The summed E-state index contributed by atoms with van der Waals surface area (Å²) in [7, 11) is 3.60. The normalized spacial score (nSPS) is 12.2. The van der Waals surface area contributed by atoms with Crippen molar-refractivity contribution in [2.45, 2.75) is 19.0 Å². The van der Waals surface area contributed by atoms with Crippen molar-refractivity contribution in [3.8, 4) is 11.5 Å². The Morgan fingerprint density at radius 1 is 1.18 bits per heavy atom. The number of hydrogen-bond donors (Lipinski definition) is 2. The molecule has 0 aliphatic heterocycles. The first kappa shape index (κ1) is 19.8. The van der Waals surface area contributed by atoms with Gasteiger partial charge in [-0.1, -0.05) is 24.2 Å². The zero-order chi connectivity index (χ0) is 20.1. The number of anilines is 1. The molecule has 0 saturated heterocycles. The number of hydrogen-bond acceptors (Lipinski definition) is 7. The highest BCUT2D eigenvalue weighted by atomic mass is 31.1. The van der Waals surface area contributed by atoms with E-state index in [1.807, 2.05) is 24.3 Å². The van der Waals surface area contributed by atoms with Crippen LogP contribution < -0.4 is 20.8 Å².